The maximum absolute atomic E-state index is 9.59. The molecule has 0 fully saturated rings. The van der Waals surface area contributed by atoms with Crippen molar-refractivity contribution in [2.45, 2.75) is 6.92 Å². The second-order valence-electron chi connectivity index (χ2n) is 5.46. The van der Waals surface area contributed by atoms with Gasteiger partial charge in [0.15, 0.2) is 11.5 Å². The molecule has 132 valence electrons. The number of nitriles is 1. The third-order valence-corrected chi connectivity index (χ3v) is 3.85. The molecular weight excluding hydrogens is 330 g/mol. The lowest BCUT2D eigenvalue weighted by molar-refractivity contribution is 0.288. The Morgan fingerprint density at radius 3 is 2.46 bits per heavy atom. The van der Waals surface area contributed by atoms with E-state index in [2.05, 4.69) is 16.0 Å². The first kappa shape index (κ1) is 17.4. The van der Waals surface area contributed by atoms with E-state index in [1.165, 1.54) is 0 Å². The van der Waals surface area contributed by atoms with Gasteiger partial charge in [-0.05, 0) is 42.8 Å². The Morgan fingerprint density at radius 1 is 1.19 bits per heavy atom. The summed E-state index contributed by atoms with van der Waals surface area (Å²) in [4.78, 5) is 7.65. The van der Waals surface area contributed by atoms with Gasteiger partial charge in [0, 0.05) is 0 Å². The summed E-state index contributed by atoms with van der Waals surface area (Å²) >= 11 is 0. The highest BCUT2D eigenvalue weighted by Gasteiger charge is 2.14. The standard InChI is InChI=1S/C20H19N3O3/c1-4-26-19-17(24-2)10-13(11-18(19)25-3)9-14(12-21)20-22-15-7-5-6-8-16(15)23-20/h5-11H,4H2,1-3H3,(H,22,23)/b14-9+. The number of nitrogens with one attached hydrogen (secondary N) is 1. The predicted molar refractivity (Wildman–Crippen MR) is 100 cm³/mol. The van der Waals surface area contributed by atoms with Gasteiger partial charge in [-0.2, -0.15) is 5.26 Å². The first-order valence-electron chi connectivity index (χ1n) is 8.15. The molecule has 0 saturated carbocycles. The Morgan fingerprint density at radius 2 is 1.88 bits per heavy atom. The lowest BCUT2D eigenvalue weighted by atomic mass is 10.1. The molecule has 0 amide bonds. The normalized spacial score (nSPS) is 11.2. The molecule has 6 heteroatoms. The summed E-state index contributed by atoms with van der Waals surface area (Å²) in [6, 6.07) is 13.4. The van der Waals surface area contributed by atoms with Gasteiger partial charge in [0.25, 0.3) is 0 Å². The third kappa shape index (κ3) is 3.33. The van der Waals surface area contributed by atoms with E-state index in [1.807, 2.05) is 31.2 Å². The van der Waals surface area contributed by atoms with Crippen LogP contribution in [0.1, 0.15) is 18.3 Å². The fourth-order valence-corrected chi connectivity index (χ4v) is 2.67. The number of hydrogen-bond donors (Lipinski definition) is 1. The highest BCUT2D eigenvalue weighted by Crippen LogP contribution is 2.39. The number of aromatic nitrogens is 2. The average molecular weight is 349 g/mol. The lowest BCUT2D eigenvalue weighted by Crippen LogP contribution is -1.99. The molecule has 26 heavy (non-hydrogen) atoms. The number of nitrogens with zero attached hydrogens (tertiary/aromatic N) is 2. The molecule has 0 aliphatic rings. The number of fused-ring (bicyclic) bond motifs is 1. The Bertz CT molecular complexity index is 941. The van der Waals surface area contributed by atoms with E-state index in [9.17, 15) is 5.26 Å². The van der Waals surface area contributed by atoms with Crippen molar-refractivity contribution in [1.82, 2.24) is 9.97 Å². The van der Waals surface area contributed by atoms with Crippen LogP contribution >= 0.6 is 0 Å². The van der Waals surface area contributed by atoms with E-state index >= 15 is 0 Å². The van der Waals surface area contributed by atoms with Gasteiger partial charge in [-0.25, -0.2) is 4.98 Å². The molecule has 0 saturated heterocycles. The smallest absolute Gasteiger partial charge is 0.203 e. The second kappa shape index (κ2) is 7.62. The van der Waals surface area contributed by atoms with Crippen LogP contribution in [0.15, 0.2) is 36.4 Å². The highest BCUT2D eigenvalue weighted by atomic mass is 16.5. The minimum atomic E-state index is 0.412. The summed E-state index contributed by atoms with van der Waals surface area (Å²) in [7, 11) is 3.13. The molecule has 0 unspecified atom stereocenters. The highest BCUT2D eigenvalue weighted by molar-refractivity contribution is 5.90. The topological polar surface area (TPSA) is 80.2 Å². The monoisotopic (exact) mass is 349 g/mol. The molecular formula is C20H19N3O3. The van der Waals surface area contributed by atoms with Crippen LogP contribution in [0.25, 0.3) is 22.7 Å². The van der Waals surface area contributed by atoms with Crippen LogP contribution in [0.2, 0.25) is 0 Å². The van der Waals surface area contributed by atoms with Crippen molar-refractivity contribution in [1.29, 1.82) is 5.26 Å². The maximum atomic E-state index is 9.59. The lowest BCUT2D eigenvalue weighted by Gasteiger charge is -2.14. The van der Waals surface area contributed by atoms with Crippen molar-refractivity contribution >= 4 is 22.7 Å². The van der Waals surface area contributed by atoms with Crippen LogP contribution in [0.3, 0.4) is 0 Å². The van der Waals surface area contributed by atoms with E-state index in [0.717, 1.165) is 16.6 Å². The number of rotatable bonds is 6. The Hall–Kier alpha value is -3.46. The number of ether oxygens (including phenoxy) is 3. The van der Waals surface area contributed by atoms with Crippen LogP contribution in [-0.4, -0.2) is 30.8 Å². The van der Waals surface area contributed by atoms with Crippen molar-refractivity contribution in [3.8, 4) is 23.3 Å². The van der Waals surface area contributed by atoms with Gasteiger partial charge in [0.1, 0.15) is 11.9 Å². The van der Waals surface area contributed by atoms with Gasteiger partial charge in [0.2, 0.25) is 5.75 Å². The van der Waals surface area contributed by atoms with Crippen LogP contribution < -0.4 is 14.2 Å². The van der Waals surface area contributed by atoms with Crippen LogP contribution in [0, 0.1) is 11.3 Å². The van der Waals surface area contributed by atoms with Gasteiger partial charge < -0.3 is 19.2 Å². The molecule has 0 bridgehead atoms. The van der Waals surface area contributed by atoms with Crippen molar-refractivity contribution in [3.63, 3.8) is 0 Å². The number of methoxy groups -OCH3 is 2. The van der Waals surface area contributed by atoms with Crippen molar-refractivity contribution in [3.05, 3.63) is 47.8 Å². The molecule has 1 N–H and O–H groups in total. The van der Waals surface area contributed by atoms with Gasteiger partial charge in [0.05, 0.1) is 37.4 Å². The van der Waals surface area contributed by atoms with Crippen LogP contribution in [0.5, 0.6) is 17.2 Å². The van der Waals surface area contributed by atoms with E-state index in [0.29, 0.717) is 35.3 Å². The van der Waals surface area contributed by atoms with Crippen LogP contribution in [0.4, 0.5) is 0 Å². The van der Waals surface area contributed by atoms with Crippen LogP contribution in [-0.2, 0) is 0 Å². The summed E-state index contributed by atoms with van der Waals surface area (Å²) in [6.45, 7) is 2.38. The molecule has 6 nitrogen and oxygen atoms in total. The van der Waals surface area contributed by atoms with E-state index in [4.69, 9.17) is 14.2 Å². The maximum Gasteiger partial charge on any atom is 0.203 e. The minimum absolute atomic E-state index is 0.412. The number of hydrogen-bond acceptors (Lipinski definition) is 5. The Kier molecular flexibility index (Phi) is 5.09. The SMILES string of the molecule is CCOc1c(OC)cc(/C=C(\C#N)c2nc3ccccc3[nH]2)cc1OC. The Balaban J connectivity index is 2.07. The largest absolute Gasteiger partial charge is 0.493 e. The van der Waals surface area contributed by atoms with E-state index in [-0.39, 0.29) is 0 Å². The molecule has 3 rings (SSSR count). The zero-order valence-electron chi connectivity index (χ0n) is 14.9. The van der Waals surface area contributed by atoms with E-state index in [1.54, 1.807) is 32.4 Å². The summed E-state index contributed by atoms with van der Waals surface area (Å²) < 4.78 is 16.4. The van der Waals surface area contributed by atoms with Gasteiger partial charge in [-0.1, -0.05) is 12.1 Å². The fourth-order valence-electron chi connectivity index (χ4n) is 2.67. The zero-order valence-corrected chi connectivity index (χ0v) is 14.9. The third-order valence-electron chi connectivity index (χ3n) is 3.85. The van der Waals surface area contributed by atoms with Crippen molar-refractivity contribution in [2.75, 3.05) is 20.8 Å². The summed E-state index contributed by atoms with van der Waals surface area (Å²) in [5.41, 5.74) is 2.85. The fraction of sp³-hybridized carbons (Fsp3) is 0.200. The zero-order chi connectivity index (χ0) is 18.5. The molecule has 0 radical (unpaired) electrons. The molecule has 3 aromatic rings. The quantitative estimate of drug-likeness (QED) is 0.679. The first-order valence-corrected chi connectivity index (χ1v) is 8.15. The molecule has 0 atom stereocenters. The number of allylic oxidation sites excluding steroid dienone is 1. The second-order valence-corrected chi connectivity index (χ2v) is 5.46. The molecule has 1 aromatic heterocycles. The predicted octanol–water partition coefficient (Wildman–Crippen LogP) is 4.04. The molecule has 0 aliphatic heterocycles. The first-order chi connectivity index (χ1) is 12.7. The van der Waals surface area contributed by atoms with Gasteiger partial charge >= 0.3 is 0 Å². The van der Waals surface area contributed by atoms with Crippen molar-refractivity contribution < 1.29 is 14.2 Å². The number of H-pyrrole nitrogens is 1. The molecule has 0 spiro atoms. The summed E-state index contributed by atoms with van der Waals surface area (Å²) in [5.74, 6) is 2.14. The van der Waals surface area contributed by atoms with Crippen molar-refractivity contribution in [2.24, 2.45) is 0 Å². The number of aromatic amines is 1. The van der Waals surface area contributed by atoms with E-state index < -0.39 is 0 Å². The minimum Gasteiger partial charge on any atom is -0.493 e. The average Bonchev–Trinajstić information content (AvgIpc) is 3.10. The Labute approximate surface area is 151 Å². The number of para-hydroxylation sites is 2. The molecule has 1 heterocycles. The molecule has 0 aliphatic carbocycles. The number of imidazole rings is 1. The summed E-state index contributed by atoms with van der Waals surface area (Å²) in [6.07, 6.45) is 1.73. The summed E-state index contributed by atoms with van der Waals surface area (Å²) in [5, 5.41) is 9.59. The van der Waals surface area contributed by atoms with Gasteiger partial charge in [-0.15, -0.1) is 0 Å². The molecule has 2 aromatic carbocycles. The van der Waals surface area contributed by atoms with Gasteiger partial charge in [-0.3, -0.25) is 0 Å². The number of benzene rings is 2.